The molecule has 2 saturated carbocycles. The molecule has 2 saturated heterocycles. The molecule has 6 N–H and O–H groups in total. The molecule has 14 heteroatoms. The van der Waals surface area contributed by atoms with Crippen LogP contribution >= 0.6 is 0 Å². The molecule has 0 aromatic carbocycles. The SMILES string of the molecule is CC[C@H]1CCC[C@@H](O[C@@H]2O[C@H](CO)[C@H](O)[C@H](O[C@@H](CC3CCCCC3)C(=O)[O-])[C@H]2O)[C@@H]1O[C@@H]1O[C@@H](C)[C@@H](O)[C@@H](O)[C@@H]1O.[Na+]. The minimum Gasteiger partial charge on any atom is -0.547 e. The van der Waals surface area contributed by atoms with E-state index in [0.717, 1.165) is 44.9 Å². The van der Waals surface area contributed by atoms with Gasteiger partial charge in [0.05, 0.1) is 37.0 Å². The Labute approximate surface area is 275 Å². The normalized spacial score (nSPS) is 43.5. The van der Waals surface area contributed by atoms with Gasteiger partial charge in [-0.25, -0.2) is 0 Å². The van der Waals surface area contributed by atoms with Gasteiger partial charge < -0.3 is 64.2 Å². The number of carbonyl (C=O) groups excluding carboxylic acids is 1. The van der Waals surface area contributed by atoms with E-state index >= 15 is 0 Å². The van der Waals surface area contributed by atoms with Gasteiger partial charge in [0, 0.05) is 0 Å². The third-order valence-electron chi connectivity index (χ3n) is 9.51. The summed E-state index contributed by atoms with van der Waals surface area (Å²) >= 11 is 0. The van der Waals surface area contributed by atoms with Gasteiger partial charge in [0.2, 0.25) is 0 Å². The molecule has 14 atom stereocenters. The van der Waals surface area contributed by atoms with Crippen molar-refractivity contribution < 1.29 is 93.8 Å². The van der Waals surface area contributed by atoms with Crippen molar-refractivity contribution in [3.63, 3.8) is 0 Å². The molecule has 0 unspecified atom stereocenters. The molecule has 0 bridgehead atoms. The molecule has 0 spiro atoms. The maximum atomic E-state index is 12.0. The number of carbonyl (C=O) groups is 1. The molecule has 13 nitrogen and oxygen atoms in total. The van der Waals surface area contributed by atoms with Crippen molar-refractivity contribution in [1.29, 1.82) is 0 Å². The van der Waals surface area contributed by atoms with Crippen molar-refractivity contribution in [2.45, 2.75) is 158 Å². The molecule has 4 fully saturated rings. The molecule has 0 radical (unpaired) electrons. The Morgan fingerprint density at radius 1 is 0.837 bits per heavy atom. The molecular formula is C29H49NaO13. The largest absolute Gasteiger partial charge is 1.00 e. The fourth-order valence-electron chi connectivity index (χ4n) is 6.90. The second-order valence-corrected chi connectivity index (χ2v) is 12.4. The Morgan fingerprint density at radius 3 is 2.14 bits per heavy atom. The number of carboxylic acid groups (broad SMARTS) is 1. The Hall–Kier alpha value is 0.0300. The standard InChI is InChI=1S/C29H50O13.Na/c1-3-16-10-7-11-17(25(16)42-28-23(34)22(33)20(31)14(2)38-28)40-29-24(35)26(21(32)19(13-30)41-29)39-18(27(36)37)12-15-8-5-4-6-9-15;/h14-26,28-35H,3-13H2,1-2H3,(H,36,37);/q;+1/p-1/t14-,16-,17+,18-,19+,20+,21-,22+,23-,24+,25+,26-,28-,29+;/m0./s1. The maximum Gasteiger partial charge on any atom is 1.00 e. The summed E-state index contributed by atoms with van der Waals surface area (Å²) < 4.78 is 29.6. The molecular weight excluding hydrogens is 579 g/mol. The number of rotatable bonds is 11. The average Bonchev–Trinajstić information content (AvgIpc) is 2.98. The first-order valence-electron chi connectivity index (χ1n) is 15.5. The van der Waals surface area contributed by atoms with Crippen LogP contribution in [-0.2, 0) is 28.5 Å². The van der Waals surface area contributed by atoms with Crippen molar-refractivity contribution in [3.05, 3.63) is 0 Å². The number of hydrogen-bond acceptors (Lipinski definition) is 13. The fraction of sp³-hybridized carbons (Fsp3) is 0.966. The molecule has 244 valence electrons. The van der Waals surface area contributed by atoms with Gasteiger partial charge in [-0.3, -0.25) is 0 Å². The molecule has 0 aromatic rings. The van der Waals surface area contributed by atoms with Crippen LogP contribution in [0.4, 0.5) is 0 Å². The van der Waals surface area contributed by atoms with Gasteiger partial charge in [-0.05, 0) is 38.0 Å². The van der Waals surface area contributed by atoms with Gasteiger partial charge in [0.15, 0.2) is 12.6 Å². The minimum absolute atomic E-state index is 0. The van der Waals surface area contributed by atoms with E-state index in [0.29, 0.717) is 12.8 Å². The maximum absolute atomic E-state index is 12.0. The third-order valence-corrected chi connectivity index (χ3v) is 9.51. The van der Waals surface area contributed by atoms with Crippen molar-refractivity contribution >= 4 is 5.97 Å². The van der Waals surface area contributed by atoms with Crippen LogP contribution in [0.15, 0.2) is 0 Å². The van der Waals surface area contributed by atoms with E-state index in [1.54, 1.807) is 6.92 Å². The first kappa shape index (κ1) is 37.5. The number of aliphatic hydroxyl groups is 6. The van der Waals surface area contributed by atoms with Gasteiger partial charge in [-0.2, -0.15) is 0 Å². The average molecular weight is 629 g/mol. The number of carboxylic acids is 1. The fourth-order valence-corrected chi connectivity index (χ4v) is 6.90. The van der Waals surface area contributed by atoms with E-state index in [-0.39, 0.29) is 47.8 Å². The van der Waals surface area contributed by atoms with Crippen LogP contribution in [0.25, 0.3) is 0 Å². The van der Waals surface area contributed by atoms with Crippen LogP contribution in [0, 0.1) is 11.8 Å². The van der Waals surface area contributed by atoms with Crippen molar-refractivity contribution in [1.82, 2.24) is 0 Å². The Balaban J connectivity index is 0.00000506. The molecule has 4 aliphatic rings. The number of hydrogen-bond donors (Lipinski definition) is 6. The smallest absolute Gasteiger partial charge is 0.547 e. The summed E-state index contributed by atoms with van der Waals surface area (Å²) in [5.41, 5.74) is 0. The predicted octanol–water partition coefficient (Wildman–Crippen LogP) is -4.29. The summed E-state index contributed by atoms with van der Waals surface area (Å²) in [4.78, 5) is 12.0. The first-order chi connectivity index (χ1) is 20.0. The van der Waals surface area contributed by atoms with Crippen LogP contribution in [-0.4, -0.2) is 123 Å². The zero-order valence-electron chi connectivity index (χ0n) is 25.5. The van der Waals surface area contributed by atoms with Gasteiger partial charge in [-0.15, -0.1) is 0 Å². The minimum atomic E-state index is -1.60. The summed E-state index contributed by atoms with van der Waals surface area (Å²) in [6.07, 6.45) is -8.45. The van der Waals surface area contributed by atoms with Crippen molar-refractivity contribution in [3.8, 4) is 0 Å². The monoisotopic (exact) mass is 628 g/mol. The summed E-state index contributed by atoms with van der Waals surface area (Å²) in [5, 5.41) is 74.9. The molecule has 4 rings (SSSR count). The number of aliphatic hydroxyl groups excluding tert-OH is 6. The van der Waals surface area contributed by atoms with Crippen LogP contribution in [0.3, 0.4) is 0 Å². The van der Waals surface area contributed by atoms with E-state index in [1.807, 2.05) is 6.92 Å². The summed E-state index contributed by atoms with van der Waals surface area (Å²) in [5.74, 6) is -1.35. The second kappa shape index (κ2) is 17.3. The molecule has 2 aliphatic carbocycles. The first-order valence-corrected chi connectivity index (χ1v) is 15.5. The zero-order valence-corrected chi connectivity index (χ0v) is 27.5. The molecule has 0 amide bonds. The van der Waals surface area contributed by atoms with Crippen LogP contribution in [0.1, 0.15) is 78.1 Å². The number of ether oxygens (including phenoxy) is 5. The van der Waals surface area contributed by atoms with E-state index in [1.165, 1.54) is 0 Å². The molecule has 2 heterocycles. The topological polar surface area (TPSA) is 208 Å². The summed E-state index contributed by atoms with van der Waals surface area (Å²) in [7, 11) is 0. The van der Waals surface area contributed by atoms with E-state index in [9.17, 15) is 40.5 Å². The quantitative estimate of drug-likeness (QED) is 0.120. The Kier molecular flexibility index (Phi) is 15.0. The van der Waals surface area contributed by atoms with E-state index < -0.39 is 92.3 Å². The van der Waals surface area contributed by atoms with Gasteiger partial charge in [0.25, 0.3) is 0 Å². The third kappa shape index (κ3) is 9.10. The molecule has 0 aromatic heterocycles. The predicted molar refractivity (Wildman–Crippen MR) is 142 cm³/mol. The zero-order chi connectivity index (χ0) is 30.6. The van der Waals surface area contributed by atoms with Crippen molar-refractivity contribution in [2.75, 3.05) is 6.61 Å². The summed E-state index contributed by atoms with van der Waals surface area (Å²) in [6.45, 7) is 2.90. The van der Waals surface area contributed by atoms with E-state index in [4.69, 9.17) is 23.7 Å². The van der Waals surface area contributed by atoms with Crippen LogP contribution in [0.2, 0.25) is 0 Å². The second-order valence-electron chi connectivity index (χ2n) is 12.4. The molecule has 2 aliphatic heterocycles. The van der Waals surface area contributed by atoms with Gasteiger partial charge in [0.1, 0.15) is 42.7 Å². The summed E-state index contributed by atoms with van der Waals surface area (Å²) in [6, 6.07) is 0. The van der Waals surface area contributed by atoms with Crippen molar-refractivity contribution in [2.24, 2.45) is 11.8 Å². The van der Waals surface area contributed by atoms with Gasteiger partial charge in [-0.1, -0.05) is 51.9 Å². The van der Waals surface area contributed by atoms with Crippen LogP contribution < -0.4 is 34.7 Å². The van der Waals surface area contributed by atoms with Gasteiger partial charge >= 0.3 is 29.6 Å². The number of aliphatic carboxylic acids is 1. The Morgan fingerprint density at radius 2 is 1.51 bits per heavy atom. The Bertz CT molecular complexity index is 847. The van der Waals surface area contributed by atoms with Crippen LogP contribution in [0.5, 0.6) is 0 Å². The van der Waals surface area contributed by atoms with E-state index in [2.05, 4.69) is 0 Å². The molecule has 43 heavy (non-hydrogen) atoms.